The van der Waals surface area contributed by atoms with Crippen LogP contribution in [0.25, 0.3) is 0 Å². The maximum absolute atomic E-state index is 12.4. The van der Waals surface area contributed by atoms with Gasteiger partial charge in [-0.15, -0.1) is 0 Å². The van der Waals surface area contributed by atoms with E-state index in [9.17, 15) is 9.59 Å². The molecule has 2 aliphatic rings. The molecule has 2 aliphatic heterocycles. The first-order valence-electron chi connectivity index (χ1n) is 8.17. The molecule has 2 atom stereocenters. The maximum Gasteiger partial charge on any atom is 0.244 e. The number of carbonyl (C=O) groups is 2. The number of piperidine rings is 1. The van der Waals surface area contributed by atoms with Crippen LogP contribution in [0.2, 0.25) is 0 Å². The van der Waals surface area contributed by atoms with E-state index < -0.39 is 0 Å². The third-order valence-electron chi connectivity index (χ3n) is 4.93. The molecule has 2 saturated heterocycles. The number of amides is 2. The highest BCUT2D eigenvalue weighted by Crippen LogP contribution is 2.30. The summed E-state index contributed by atoms with van der Waals surface area (Å²) in [5.41, 5.74) is 0. The smallest absolute Gasteiger partial charge is 0.244 e. The SMILES string of the molecule is CC(=O)N1CCCC[C@H]2CN(C(=O)Cn3cccn3)CC[C@H]21. The first-order chi connectivity index (χ1) is 10.6. The molecular weight excluding hydrogens is 280 g/mol. The fourth-order valence-corrected chi connectivity index (χ4v) is 3.82. The van der Waals surface area contributed by atoms with Gasteiger partial charge in [0.05, 0.1) is 0 Å². The van der Waals surface area contributed by atoms with Gasteiger partial charge in [-0.2, -0.15) is 5.10 Å². The van der Waals surface area contributed by atoms with Gasteiger partial charge in [0.1, 0.15) is 6.54 Å². The topological polar surface area (TPSA) is 58.4 Å². The average Bonchev–Trinajstić information content (AvgIpc) is 2.90. The molecule has 6 nitrogen and oxygen atoms in total. The fourth-order valence-electron chi connectivity index (χ4n) is 3.82. The lowest BCUT2D eigenvalue weighted by Crippen LogP contribution is -2.53. The summed E-state index contributed by atoms with van der Waals surface area (Å²) in [4.78, 5) is 28.3. The molecule has 6 heteroatoms. The Morgan fingerprint density at radius 2 is 2.09 bits per heavy atom. The lowest BCUT2D eigenvalue weighted by molar-refractivity contribution is -0.138. The molecule has 0 unspecified atom stereocenters. The lowest BCUT2D eigenvalue weighted by atomic mass is 9.88. The summed E-state index contributed by atoms with van der Waals surface area (Å²) in [5, 5.41) is 4.10. The number of rotatable bonds is 2. The van der Waals surface area contributed by atoms with Crippen molar-refractivity contribution in [2.75, 3.05) is 19.6 Å². The van der Waals surface area contributed by atoms with Crippen LogP contribution in [0.15, 0.2) is 18.5 Å². The maximum atomic E-state index is 12.4. The molecule has 22 heavy (non-hydrogen) atoms. The number of aromatic nitrogens is 2. The quantitative estimate of drug-likeness (QED) is 0.823. The Kier molecular flexibility index (Phi) is 4.45. The normalized spacial score (nSPS) is 25.5. The number of fused-ring (bicyclic) bond motifs is 1. The van der Waals surface area contributed by atoms with Crippen LogP contribution in [0.1, 0.15) is 32.6 Å². The second-order valence-corrected chi connectivity index (χ2v) is 6.37. The molecule has 0 aliphatic carbocycles. The zero-order valence-corrected chi connectivity index (χ0v) is 13.1. The molecule has 3 heterocycles. The summed E-state index contributed by atoms with van der Waals surface area (Å²) < 4.78 is 1.67. The molecule has 2 fully saturated rings. The first kappa shape index (κ1) is 15.1. The Balaban J connectivity index is 1.64. The zero-order chi connectivity index (χ0) is 15.5. The molecule has 2 amide bonds. The summed E-state index contributed by atoms with van der Waals surface area (Å²) in [6.07, 6.45) is 7.73. The summed E-state index contributed by atoms with van der Waals surface area (Å²) in [7, 11) is 0. The van der Waals surface area contributed by atoms with Crippen molar-refractivity contribution in [3.05, 3.63) is 18.5 Å². The van der Waals surface area contributed by atoms with Crippen LogP contribution < -0.4 is 0 Å². The lowest BCUT2D eigenvalue weighted by Gasteiger charge is -2.42. The number of hydrogen-bond donors (Lipinski definition) is 0. The molecule has 0 bridgehead atoms. The largest absolute Gasteiger partial charge is 0.341 e. The van der Waals surface area contributed by atoms with Crippen molar-refractivity contribution in [2.24, 2.45) is 5.92 Å². The van der Waals surface area contributed by atoms with Gasteiger partial charge in [0.25, 0.3) is 0 Å². The van der Waals surface area contributed by atoms with Crippen LogP contribution in [0.4, 0.5) is 0 Å². The zero-order valence-electron chi connectivity index (χ0n) is 13.1. The van der Waals surface area contributed by atoms with Gasteiger partial charge in [-0.05, 0) is 31.2 Å². The van der Waals surface area contributed by atoms with Crippen molar-refractivity contribution >= 4 is 11.8 Å². The van der Waals surface area contributed by atoms with E-state index in [1.807, 2.05) is 22.1 Å². The number of nitrogens with zero attached hydrogens (tertiary/aromatic N) is 4. The fraction of sp³-hybridized carbons (Fsp3) is 0.688. The van der Waals surface area contributed by atoms with Gasteiger partial charge >= 0.3 is 0 Å². The van der Waals surface area contributed by atoms with Crippen LogP contribution in [0, 0.1) is 5.92 Å². The predicted octanol–water partition coefficient (Wildman–Crippen LogP) is 1.13. The summed E-state index contributed by atoms with van der Waals surface area (Å²) >= 11 is 0. The van der Waals surface area contributed by atoms with Crippen LogP contribution >= 0.6 is 0 Å². The summed E-state index contributed by atoms with van der Waals surface area (Å²) in [6.45, 7) is 4.36. The Morgan fingerprint density at radius 3 is 2.82 bits per heavy atom. The molecule has 0 N–H and O–H groups in total. The van der Waals surface area contributed by atoms with E-state index in [0.717, 1.165) is 45.3 Å². The van der Waals surface area contributed by atoms with Crippen molar-refractivity contribution < 1.29 is 9.59 Å². The third-order valence-corrected chi connectivity index (χ3v) is 4.93. The summed E-state index contributed by atoms with van der Waals surface area (Å²) in [6, 6.07) is 2.14. The Hall–Kier alpha value is -1.85. The number of carbonyl (C=O) groups excluding carboxylic acids is 2. The second-order valence-electron chi connectivity index (χ2n) is 6.37. The Labute approximate surface area is 131 Å². The van der Waals surface area contributed by atoms with Gasteiger partial charge < -0.3 is 9.80 Å². The molecule has 3 rings (SSSR count). The Morgan fingerprint density at radius 1 is 1.23 bits per heavy atom. The van der Waals surface area contributed by atoms with Gasteiger partial charge in [0.2, 0.25) is 11.8 Å². The van der Waals surface area contributed by atoms with Gasteiger partial charge in [-0.1, -0.05) is 6.42 Å². The minimum atomic E-state index is 0.126. The van der Waals surface area contributed by atoms with Gasteiger partial charge in [0, 0.05) is 45.0 Å². The van der Waals surface area contributed by atoms with E-state index in [2.05, 4.69) is 5.10 Å². The molecule has 0 spiro atoms. The standard InChI is InChI=1S/C16H24N4O2/c1-13(21)20-9-3-2-5-14-11-18(10-6-15(14)20)16(22)12-19-8-4-7-17-19/h4,7-8,14-15H,2-3,5-6,9-12H2,1H3/t14-,15+/m0/s1. The molecule has 120 valence electrons. The monoisotopic (exact) mass is 304 g/mol. The minimum absolute atomic E-state index is 0.126. The van der Waals surface area contributed by atoms with E-state index in [0.29, 0.717) is 18.5 Å². The van der Waals surface area contributed by atoms with Crippen molar-refractivity contribution in [1.29, 1.82) is 0 Å². The third kappa shape index (κ3) is 3.15. The number of hydrogen-bond acceptors (Lipinski definition) is 3. The Bertz CT molecular complexity index is 528. The summed E-state index contributed by atoms with van der Waals surface area (Å²) in [5.74, 6) is 0.718. The van der Waals surface area contributed by atoms with Crippen LogP contribution in [-0.4, -0.2) is 57.1 Å². The predicted molar refractivity (Wildman–Crippen MR) is 81.9 cm³/mol. The molecule has 0 aromatic carbocycles. The van der Waals surface area contributed by atoms with Gasteiger partial charge in [-0.3, -0.25) is 14.3 Å². The van der Waals surface area contributed by atoms with E-state index in [1.54, 1.807) is 17.8 Å². The van der Waals surface area contributed by atoms with E-state index in [4.69, 9.17) is 0 Å². The van der Waals surface area contributed by atoms with Crippen LogP contribution in [-0.2, 0) is 16.1 Å². The molecule has 0 saturated carbocycles. The molecule has 1 aromatic rings. The second kappa shape index (κ2) is 6.50. The highest BCUT2D eigenvalue weighted by atomic mass is 16.2. The highest BCUT2D eigenvalue weighted by Gasteiger charge is 2.36. The highest BCUT2D eigenvalue weighted by molar-refractivity contribution is 5.76. The van der Waals surface area contributed by atoms with E-state index in [1.165, 1.54) is 0 Å². The van der Waals surface area contributed by atoms with Crippen LogP contribution in [0.5, 0.6) is 0 Å². The van der Waals surface area contributed by atoms with Crippen molar-refractivity contribution in [2.45, 2.75) is 45.2 Å². The van der Waals surface area contributed by atoms with E-state index >= 15 is 0 Å². The minimum Gasteiger partial charge on any atom is -0.341 e. The van der Waals surface area contributed by atoms with Crippen molar-refractivity contribution in [3.63, 3.8) is 0 Å². The average molecular weight is 304 g/mol. The molecule has 0 radical (unpaired) electrons. The first-order valence-corrected chi connectivity index (χ1v) is 8.17. The van der Waals surface area contributed by atoms with E-state index in [-0.39, 0.29) is 11.8 Å². The van der Waals surface area contributed by atoms with Crippen LogP contribution in [0.3, 0.4) is 0 Å². The molecular formula is C16H24N4O2. The van der Waals surface area contributed by atoms with Crippen molar-refractivity contribution in [1.82, 2.24) is 19.6 Å². The van der Waals surface area contributed by atoms with Gasteiger partial charge in [-0.25, -0.2) is 0 Å². The number of likely N-dealkylation sites (tertiary alicyclic amines) is 2. The van der Waals surface area contributed by atoms with Crippen molar-refractivity contribution in [3.8, 4) is 0 Å². The molecule has 1 aromatic heterocycles. The van der Waals surface area contributed by atoms with Gasteiger partial charge in [0.15, 0.2) is 0 Å².